The van der Waals surface area contributed by atoms with Gasteiger partial charge in [0.2, 0.25) is 0 Å². The van der Waals surface area contributed by atoms with Crippen LogP contribution in [0.2, 0.25) is 0 Å². The van der Waals surface area contributed by atoms with Crippen LogP contribution in [0.3, 0.4) is 0 Å². The minimum Gasteiger partial charge on any atom is -0.388 e. The molecule has 1 aromatic heterocycles. The summed E-state index contributed by atoms with van der Waals surface area (Å²) in [6, 6.07) is 7.39. The van der Waals surface area contributed by atoms with Crippen LogP contribution in [0.25, 0.3) is 0 Å². The van der Waals surface area contributed by atoms with Gasteiger partial charge in [0.15, 0.2) is 0 Å². The summed E-state index contributed by atoms with van der Waals surface area (Å²) in [5.74, 6) is -0.0708. The molecule has 1 aromatic carbocycles. The summed E-state index contributed by atoms with van der Waals surface area (Å²) in [5.41, 5.74) is 3.74. The van der Waals surface area contributed by atoms with Crippen molar-refractivity contribution in [2.24, 2.45) is 7.05 Å². The number of anilines is 1. The van der Waals surface area contributed by atoms with Crippen molar-refractivity contribution < 1.29 is 4.79 Å². The Kier molecular flexibility index (Phi) is 4.40. The average Bonchev–Trinajstić information content (AvgIpc) is 2.85. The first-order chi connectivity index (χ1) is 9.63. The van der Waals surface area contributed by atoms with Gasteiger partial charge >= 0.3 is 0 Å². The number of hydrogen-bond acceptors (Lipinski definition) is 3. The van der Waals surface area contributed by atoms with E-state index in [9.17, 15) is 4.79 Å². The Bertz CT molecular complexity index is 586. The fraction of sp³-hybridized carbons (Fsp3) is 0.333. The summed E-state index contributed by atoms with van der Waals surface area (Å²) in [4.78, 5) is 12.1. The number of amides is 1. The fourth-order valence-electron chi connectivity index (χ4n) is 2.09. The molecule has 5 nitrogen and oxygen atoms in total. The van der Waals surface area contributed by atoms with Crippen molar-refractivity contribution in [1.82, 2.24) is 15.1 Å². The lowest BCUT2D eigenvalue weighted by molar-refractivity contribution is 0.0951. The third kappa shape index (κ3) is 3.17. The van der Waals surface area contributed by atoms with E-state index in [1.54, 1.807) is 4.68 Å². The monoisotopic (exact) mass is 272 g/mol. The maximum atomic E-state index is 12.1. The molecule has 2 rings (SSSR count). The first-order valence-corrected chi connectivity index (χ1v) is 6.71. The van der Waals surface area contributed by atoms with Crippen molar-refractivity contribution in [2.45, 2.75) is 19.9 Å². The Balaban J connectivity index is 2.00. The molecule has 0 saturated carbocycles. The van der Waals surface area contributed by atoms with Crippen LogP contribution in [0.1, 0.15) is 28.5 Å². The number of hydrogen-bond donors (Lipinski definition) is 2. The van der Waals surface area contributed by atoms with E-state index in [2.05, 4.69) is 22.7 Å². The van der Waals surface area contributed by atoms with Crippen LogP contribution in [-0.4, -0.2) is 22.7 Å². The minimum absolute atomic E-state index is 0.0708. The van der Waals surface area contributed by atoms with Gasteiger partial charge in [-0.2, -0.15) is 5.10 Å². The second-order valence-corrected chi connectivity index (χ2v) is 4.64. The number of rotatable bonds is 5. The van der Waals surface area contributed by atoms with E-state index >= 15 is 0 Å². The number of carbonyl (C=O) groups excluding carboxylic acids is 1. The highest BCUT2D eigenvalue weighted by Crippen LogP contribution is 2.10. The zero-order valence-electron chi connectivity index (χ0n) is 12.1. The molecule has 1 heterocycles. The van der Waals surface area contributed by atoms with Gasteiger partial charge in [-0.3, -0.25) is 9.48 Å². The molecule has 0 aliphatic carbocycles. The fourth-order valence-corrected chi connectivity index (χ4v) is 2.09. The maximum absolute atomic E-state index is 12.1. The van der Waals surface area contributed by atoms with Crippen molar-refractivity contribution >= 4 is 11.6 Å². The smallest absolute Gasteiger partial charge is 0.251 e. The van der Waals surface area contributed by atoms with Crippen LogP contribution >= 0.6 is 0 Å². The topological polar surface area (TPSA) is 59.0 Å². The van der Waals surface area contributed by atoms with Gasteiger partial charge in [-0.25, -0.2) is 0 Å². The summed E-state index contributed by atoms with van der Waals surface area (Å²) in [7, 11) is 3.74. The van der Waals surface area contributed by atoms with Gasteiger partial charge in [-0.05, 0) is 30.7 Å². The van der Waals surface area contributed by atoms with Crippen LogP contribution in [0.5, 0.6) is 0 Å². The van der Waals surface area contributed by atoms with Gasteiger partial charge in [0.1, 0.15) is 0 Å². The molecule has 0 saturated heterocycles. The molecule has 0 aliphatic rings. The highest BCUT2D eigenvalue weighted by Gasteiger charge is 2.09. The van der Waals surface area contributed by atoms with Gasteiger partial charge in [0, 0.05) is 43.7 Å². The quantitative estimate of drug-likeness (QED) is 0.874. The lowest BCUT2D eigenvalue weighted by Gasteiger charge is -2.06. The van der Waals surface area contributed by atoms with Crippen molar-refractivity contribution in [1.29, 1.82) is 0 Å². The Morgan fingerprint density at radius 1 is 1.30 bits per heavy atom. The Labute approximate surface area is 119 Å². The number of aryl methyl sites for hydroxylation is 2. The average molecular weight is 272 g/mol. The van der Waals surface area contributed by atoms with Crippen molar-refractivity contribution in [3.8, 4) is 0 Å². The van der Waals surface area contributed by atoms with Crippen LogP contribution in [0, 0.1) is 0 Å². The van der Waals surface area contributed by atoms with E-state index in [1.165, 1.54) is 0 Å². The van der Waals surface area contributed by atoms with Gasteiger partial charge in [0.25, 0.3) is 5.91 Å². The predicted molar refractivity (Wildman–Crippen MR) is 79.7 cm³/mol. The zero-order chi connectivity index (χ0) is 14.5. The molecule has 20 heavy (non-hydrogen) atoms. The standard InChI is InChI=1S/C15H20N4O/c1-4-14-12(10-19(3)18-14)9-17-15(20)11-5-7-13(16-2)8-6-11/h5-8,10,16H,4,9H2,1-3H3,(H,17,20). The molecule has 2 aromatic rings. The molecule has 0 radical (unpaired) electrons. The number of nitrogens with one attached hydrogen (secondary N) is 2. The van der Waals surface area contributed by atoms with Gasteiger partial charge < -0.3 is 10.6 Å². The first-order valence-electron chi connectivity index (χ1n) is 6.71. The van der Waals surface area contributed by atoms with Crippen LogP contribution in [0.4, 0.5) is 5.69 Å². The third-order valence-corrected chi connectivity index (χ3v) is 3.20. The number of benzene rings is 1. The number of aromatic nitrogens is 2. The Hall–Kier alpha value is -2.30. The second kappa shape index (κ2) is 6.23. The first kappa shape index (κ1) is 14.1. The van der Waals surface area contributed by atoms with Crippen molar-refractivity contribution in [2.75, 3.05) is 12.4 Å². The lowest BCUT2D eigenvalue weighted by Crippen LogP contribution is -2.23. The number of carbonyl (C=O) groups is 1. The molecule has 0 atom stereocenters. The summed E-state index contributed by atoms with van der Waals surface area (Å²) in [6.45, 7) is 2.56. The maximum Gasteiger partial charge on any atom is 0.251 e. The molecule has 2 N–H and O–H groups in total. The highest BCUT2D eigenvalue weighted by atomic mass is 16.1. The van der Waals surface area contributed by atoms with Gasteiger partial charge in [0.05, 0.1) is 5.69 Å². The molecule has 106 valence electrons. The zero-order valence-corrected chi connectivity index (χ0v) is 12.1. The molecule has 0 spiro atoms. The molecule has 0 unspecified atom stereocenters. The predicted octanol–water partition coefficient (Wildman–Crippen LogP) is 1.95. The molecular formula is C15H20N4O. The van der Waals surface area contributed by atoms with Crippen molar-refractivity contribution in [3.63, 3.8) is 0 Å². The highest BCUT2D eigenvalue weighted by molar-refractivity contribution is 5.94. The second-order valence-electron chi connectivity index (χ2n) is 4.64. The summed E-state index contributed by atoms with van der Waals surface area (Å²) in [5, 5.41) is 10.3. The minimum atomic E-state index is -0.0708. The van der Waals surface area contributed by atoms with E-state index in [4.69, 9.17) is 0 Å². The molecule has 0 bridgehead atoms. The largest absolute Gasteiger partial charge is 0.388 e. The molecule has 1 amide bonds. The Morgan fingerprint density at radius 2 is 2.00 bits per heavy atom. The van der Waals surface area contributed by atoms with E-state index in [-0.39, 0.29) is 5.91 Å². The molecule has 5 heteroatoms. The van der Waals surface area contributed by atoms with Crippen LogP contribution in [-0.2, 0) is 20.0 Å². The summed E-state index contributed by atoms with van der Waals surface area (Å²) >= 11 is 0. The van der Waals surface area contributed by atoms with E-state index in [1.807, 2.05) is 44.6 Å². The lowest BCUT2D eigenvalue weighted by atomic mass is 10.1. The molecule has 0 fully saturated rings. The van der Waals surface area contributed by atoms with E-state index < -0.39 is 0 Å². The summed E-state index contributed by atoms with van der Waals surface area (Å²) in [6.07, 6.45) is 2.81. The molecule has 0 aliphatic heterocycles. The third-order valence-electron chi connectivity index (χ3n) is 3.20. The van der Waals surface area contributed by atoms with Gasteiger partial charge in [-0.15, -0.1) is 0 Å². The Morgan fingerprint density at radius 3 is 2.60 bits per heavy atom. The van der Waals surface area contributed by atoms with Crippen LogP contribution in [0.15, 0.2) is 30.5 Å². The summed E-state index contributed by atoms with van der Waals surface area (Å²) < 4.78 is 1.78. The van der Waals surface area contributed by atoms with Gasteiger partial charge in [-0.1, -0.05) is 6.92 Å². The van der Waals surface area contributed by atoms with Crippen LogP contribution < -0.4 is 10.6 Å². The van der Waals surface area contributed by atoms with Crippen molar-refractivity contribution in [3.05, 3.63) is 47.3 Å². The van der Waals surface area contributed by atoms with E-state index in [0.29, 0.717) is 12.1 Å². The SMILES string of the molecule is CCc1nn(C)cc1CNC(=O)c1ccc(NC)cc1. The van der Waals surface area contributed by atoms with E-state index in [0.717, 1.165) is 23.4 Å². The number of nitrogens with zero attached hydrogens (tertiary/aromatic N) is 2. The normalized spacial score (nSPS) is 10.3. The molecular weight excluding hydrogens is 252 g/mol.